The van der Waals surface area contributed by atoms with E-state index in [-0.39, 0.29) is 5.82 Å². The number of ether oxygens (including phenoxy) is 4. The van der Waals surface area contributed by atoms with Crippen LogP contribution in [0.1, 0.15) is 16.8 Å². The molecule has 0 aromatic carbocycles. The molecule has 3 aliphatic heterocycles. The molecule has 4 rings (SSSR count). The van der Waals surface area contributed by atoms with Crippen LogP contribution in [0.25, 0.3) is 0 Å². The third kappa shape index (κ3) is 6.73. The molecule has 3 fully saturated rings. The van der Waals surface area contributed by atoms with Gasteiger partial charge in [-0.15, -0.1) is 5.10 Å². The smallest absolute Gasteiger partial charge is 0.288 e. The van der Waals surface area contributed by atoms with E-state index < -0.39 is 112 Å². The van der Waals surface area contributed by atoms with Gasteiger partial charge in [-0.05, 0) is 0 Å². The maximum absolute atomic E-state index is 10.8. The summed E-state index contributed by atoms with van der Waals surface area (Å²) in [4.78, 5) is 14.4. The molecule has 4 heterocycles. The minimum atomic E-state index is -1.74. The number of nitrogens with two attached hydrogens (primary N) is 1. The lowest BCUT2D eigenvalue weighted by molar-refractivity contribution is -0.355. The van der Waals surface area contributed by atoms with E-state index in [0.717, 1.165) is 11.0 Å². The molecule has 1 aromatic rings. The molecule has 0 aliphatic carbocycles. The van der Waals surface area contributed by atoms with Gasteiger partial charge < -0.3 is 80.9 Å². The van der Waals surface area contributed by atoms with Crippen molar-refractivity contribution < 1.29 is 79.9 Å². The van der Waals surface area contributed by atoms with Crippen molar-refractivity contribution in [3.63, 3.8) is 0 Å². The van der Waals surface area contributed by atoms with Gasteiger partial charge in [0.25, 0.3) is 5.91 Å². The second-order valence-corrected chi connectivity index (χ2v) is 9.17. The summed E-state index contributed by atoms with van der Waals surface area (Å²) in [5, 5.41) is 108. The van der Waals surface area contributed by atoms with Crippen molar-refractivity contribution >= 4 is 5.91 Å². The lowest BCUT2D eigenvalue weighted by Gasteiger charge is -2.45. The van der Waals surface area contributed by atoms with Gasteiger partial charge in [0.2, 0.25) is 5.82 Å². The van der Waals surface area contributed by atoms with Crippen LogP contribution in [-0.2, 0) is 18.9 Å². The summed E-state index contributed by atoms with van der Waals surface area (Å²) in [5.74, 6) is -1.03. The number of aliphatic hydroxyl groups excluding tert-OH is 11. The predicted octanol–water partition coefficient (Wildman–Crippen LogP) is -8.41. The van der Waals surface area contributed by atoms with Gasteiger partial charge in [0.15, 0.2) is 18.8 Å². The minimum Gasteiger partial charge on any atom is -0.394 e. The highest BCUT2D eigenvalue weighted by atomic mass is 16.7. The summed E-state index contributed by atoms with van der Waals surface area (Å²) >= 11 is 0. The van der Waals surface area contributed by atoms with Gasteiger partial charge in [-0.1, -0.05) is 0 Å². The van der Waals surface area contributed by atoms with Crippen LogP contribution in [0.2, 0.25) is 0 Å². The van der Waals surface area contributed by atoms with Gasteiger partial charge in [0, 0.05) is 0 Å². The fourth-order valence-electron chi connectivity index (χ4n) is 4.18. The highest BCUT2D eigenvalue weighted by Crippen LogP contribution is 2.29. The van der Waals surface area contributed by atoms with Gasteiger partial charge >= 0.3 is 0 Å². The van der Waals surface area contributed by atoms with Crippen molar-refractivity contribution in [1.29, 1.82) is 0 Å². The molecule has 3 aliphatic rings. The van der Waals surface area contributed by atoms with Gasteiger partial charge in [0.1, 0.15) is 73.5 Å². The second kappa shape index (κ2) is 13.8. The largest absolute Gasteiger partial charge is 0.394 e. The quantitative estimate of drug-likeness (QED) is 0.141. The van der Waals surface area contributed by atoms with E-state index in [1.165, 1.54) is 0 Å². The maximum Gasteiger partial charge on any atom is 0.288 e. The van der Waals surface area contributed by atoms with Crippen LogP contribution in [0.15, 0.2) is 6.33 Å². The fraction of sp³-hybridized carbons (Fsp3) is 0.850. The lowest BCUT2D eigenvalue weighted by atomic mass is 9.97. The van der Waals surface area contributed by atoms with Gasteiger partial charge in [0.05, 0.1) is 19.8 Å². The van der Waals surface area contributed by atoms with E-state index in [4.69, 9.17) is 34.9 Å². The zero-order chi connectivity index (χ0) is 29.9. The van der Waals surface area contributed by atoms with E-state index in [2.05, 4.69) is 10.1 Å². The lowest BCUT2D eigenvalue weighted by Crippen LogP contribution is -2.64. The Morgan fingerprint density at radius 1 is 0.775 bits per heavy atom. The van der Waals surface area contributed by atoms with Crippen molar-refractivity contribution in [2.45, 2.75) is 86.0 Å². The molecule has 1 amide bonds. The van der Waals surface area contributed by atoms with E-state index in [0.29, 0.717) is 0 Å². The van der Waals surface area contributed by atoms with Crippen LogP contribution >= 0.6 is 0 Å². The Kier molecular flexibility index (Phi) is 11.2. The van der Waals surface area contributed by atoms with Crippen molar-refractivity contribution in [2.75, 3.05) is 19.8 Å². The number of aromatic nitrogens is 3. The molecule has 0 radical (unpaired) electrons. The monoisotopic (exact) mass is 586 g/mol. The number of nitrogens with zero attached hydrogens (tertiary/aromatic N) is 3. The van der Waals surface area contributed by atoms with Crippen molar-refractivity contribution in [3.05, 3.63) is 12.2 Å². The number of amides is 1. The van der Waals surface area contributed by atoms with Crippen LogP contribution in [0.4, 0.5) is 0 Å². The van der Waals surface area contributed by atoms with E-state index in [9.17, 15) is 50.8 Å². The first kappa shape index (κ1) is 32.5. The van der Waals surface area contributed by atoms with Crippen LogP contribution < -0.4 is 5.73 Å². The molecule has 230 valence electrons. The van der Waals surface area contributed by atoms with Crippen molar-refractivity contribution in [1.82, 2.24) is 14.8 Å². The fourth-order valence-corrected chi connectivity index (χ4v) is 4.18. The summed E-state index contributed by atoms with van der Waals surface area (Å²) in [7, 11) is 0. The Morgan fingerprint density at radius 3 is 1.88 bits per heavy atom. The first-order chi connectivity index (χ1) is 18.9. The van der Waals surface area contributed by atoms with E-state index in [1.54, 1.807) is 0 Å². The first-order valence-electron chi connectivity index (χ1n) is 12.0. The Balaban J connectivity index is 0.000000230. The third-order valence-electron chi connectivity index (χ3n) is 6.49. The Labute approximate surface area is 225 Å². The standard InChI is InChI=1S/C12H22O11.C8H12N4O5/c13-1-3-5(15)6(16)9(19)12(22-3)23-10-4(2-14)21-11(20)8(18)7(10)17;9-6(16)7-10-2-12(11-7)8-5(15)4(14)3(1-13)17-8/h3-20H,1-2H2;2-5,8,13-15H,1H2,(H2,9,16)/t3-,4-,5+,6+,7-,8-,9-,10-,11-,12+;3-,4-,5-,8-/m11/s1. The molecule has 0 bridgehead atoms. The predicted molar refractivity (Wildman–Crippen MR) is 120 cm³/mol. The average Bonchev–Trinajstić information content (AvgIpc) is 3.54. The number of hydrogen-bond acceptors (Lipinski definition) is 18. The number of carbonyl (C=O) groups excluding carboxylic acids is 1. The first-order valence-corrected chi connectivity index (χ1v) is 12.0. The summed E-state index contributed by atoms with van der Waals surface area (Å²) in [6.07, 6.45) is -18.8. The Hall–Kier alpha value is -1.99. The van der Waals surface area contributed by atoms with Crippen LogP contribution in [0.3, 0.4) is 0 Å². The maximum atomic E-state index is 10.8. The number of rotatable bonds is 7. The molecular weight excluding hydrogens is 552 g/mol. The molecule has 0 saturated carbocycles. The second-order valence-electron chi connectivity index (χ2n) is 9.17. The van der Waals surface area contributed by atoms with Crippen molar-refractivity contribution in [3.8, 4) is 0 Å². The van der Waals surface area contributed by atoms with Gasteiger partial charge in [-0.25, -0.2) is 9.67 Å². The highest BCUT2D eigenvalue weighted by Gasteiger charge is 2.50. The zero-order valence-electron chi connectivity index (χ0n) is 20.7. The highest BCUT2D eigenvalue weighted by molar-refractivity contribution is 5.88. The van der Waals surface area contributed by atoms with Crippen LogP contribution in [0.5, 0.6) is 0 Å². The average molecular weight is 587 g/mol. The summed E-state index contributed by atoms with van der Waals surface area (Å²) in [6.45, 7) is -1.78. The molecule has 40 heavy (non-hydrogen) atoms. The molecule has 3 saturated heterocycles. The third-order valence-corrected chi connectivity index (χ3v) is 6.49. The van der Waals surface area contributed by atoms with Gasteiger partial charge in [-0.2, -0.15) is 0 Å². The number of carbonyl (C=O) groups is 1. The van der Waals surface area contributed by atoms with Gasteiger partial charge in [-0.3, -0.25) is 4.79 Å². The molecule has 0 spiro atoms. The Morgan fingerprint density at radius 2 is 1.35 bits per heavy atom. The molecule has 20 heteroatoms. The zero-order valence-corrected chi connectivity index (χ0v) is 20.7. The molecular formula is C20H34N4O16. The summed E-state index contributed by atoms with van der Waals surface area (Å²) in [6, 6.07) is 0. The summed E-state index contributed by atoms with van der Waals surface area (Å²) in [5.41, 5.74) is 4.97. The Bertz CT molecular complexity index is 953. The molecule has 1 aromatic heterocycles. The topological polar surface area (TPSA) is 333 Å². The van der Waals surface area contributed by atoms with Crippen LogP contribution in [0, 0.1) is 0 Å². The molecule has 14 atom stereocenters. The van der Waals surface area contributed by atoms with Crippen LogP contribution in [-0.4, -0.2) is 176 Å². The van der Waals surface area contributed by atoms with E-state index >= 15 is 0 Å². The molecule has 13 N–H and O–H groups in total. The molecule has 0 unspecified atom stereocenters. The van der Waals surface area contributed by atoms with Crippen molar-refractivity contribution in [2.24, 2.45) is 5.73 Å². The summed E-state index contributed by atoms with van der Waals surface area (Å²) < 4.78 is 21.5. The normalized spacial score (nSPS) is 43.7. The molecule has 20 nitrogen and oxygen atoms in total. The SMILES string of the molecule is NC(=O)c1ncn([C@@H]2O[C@H](CO)[C@@H](O)[C@H]2O)n1.OC[C@H]1O[C@@H](O[C@H]2[C@H](O)[C@@H](O)[C@H](O)O[C@@H]2CO)[C@H](O)[C@@H](O)[C@H]1O. The number of primary amides is 1. The van der Waals surface area contributed by atoms with E-state index in [1.807, 2.05) is 0 Å². The minimum absolute atomic E-state index is 0.220. The number of aliphatic hydroxyl groups is 11. The number of hydrogen-bond donors (Lipinski definition) is 12.